The van der Waals surface area contributed by atoms with Crippen molar-refractivity contribution in [2.24, 2.45) is 0 Å². The van der Waals surface area contributed by atoms with Gasteiger partial charge in [-0.05, 0) is 42.5 Å². The highest BCUT2D eigenvalue weighted by Gasteiger charge is 2.04. The molecule has 2 nitrogen and oxygen atoms in total. The Morgan fingerprint density at radius 2 is 1.94 bits per heavy atom. The molecule has 1 aromatic heterocycles. The Labute approximate surface area is 109 Å². The maximum atomic E-state index is 4.30. The first-order valence-electron chi connectivity index (χ1n) is 6.47. The van der Waals surface area contributed by atoms with Crippen LogP contribution >= 0.6 is 0 Å². The van der Waals surface area contributed by atoms with Gasteiger partial charge in [-0.1, -0.05) is 37.3 Å². The third-order valence-corrected chi connectivity index (χ3v) is 3.17. The topological polar surface area (TPSA) is 24.9 Å². The number of anilines is 1. The molecule has 0 spiro atoms. The van der Waals surface area contributed by atoms with Crippen molar-refractivity contribution in [3.8, 4) is 0 Å². The molecule has 0 aliphatic rings. The number of hydrogen-bond donors (Lipinski definition) is 1. The molecule has 2 rings (SSSR count). The predicted molar refractivity (Wildman–Crippen MR) is 76.9 cm³/mol. The Balaban J connectivity index is 1.82. The third-order valence-electron chi connectivity index (χ3n) is 3.17. The van der Waals surface area contributed by atoms with Crippen LogP contribution in [0.5, 0.6) is 0 Å². The van der Waals surface area contributed by atoms with Gasteiger partial charge < -0.3 is 5.32 Å². The highest BCUT2D eigenvalue weighted by Crippen LogP contribution is 2.18. The summed E-state index contributed by atoms with van der Waals surface area (Å²) >= 11 is 0. The molecule has 94 valence electrons. The van der Waals surface area contributed by atoms with E-state index in [0.29, 0.717) is 5.92 Å². The maximum absolute atomic E-state index is 4.30. The largest absolute Gasteiger partial charge is 0.370 e. The number of pyridine rings is 1. The standard InChI is InChI=1S/C16H20N2/c1-13-8-10-17-16(12-13)18-11-9-14(2)15-6-4-3-5-7-15/h3-8,10,12,14H,9,11H2,1-2H3,(H,17,18). The van der Waals surface area contributed by atoms with Gasteiger partial charge in [0.15, 0.2) is 0 Å². The second kappa shape index (κ2) is 6.20. The highest BCUT2D eigenvalue weighted by molar-refractivity contribution is 5.36. The van der Waals surface area contributed by atoms with Crippen LogP contribution in [0.1, 0.15) is 30.4 Å². The SMILES string of the molecule is Cc1ccnc(NCCC(C)c2ccccc2)c1. The van der Waals surface area contributed by atoms with Crippen LogP contribution in [-0.4, -0.2) is 11.5 Å². The van der Waals surface area contributed by atoms with E-state index in [1.54, 1.807) is 0 Å². The Hall–Kier alpha value is -1.83. The molecular formula is C16H20N2. The number of aromatic nitrogens is 1. The van der Waals surface area contributed by atoms with Gasteiger partial charge in [-0.15, -0.1) is 0 Å². The van der Waals surface area contributed by atoms with Crippen LogP contribution in [0, 0.1) is 6.92 Å². The lowest BCUT2D eigenvalue weighted by molar-refractivity contribution is 0.705. The molecule has 1 atom stereocenters. The summed E-state index contributed by atoms with van der Waals surface area (Å²) in [6.45, 7) is 5.30. The lowest BCUT2D eigenvalue weighted by atomic mass is 9.98. The molecule has 0 fully saturated rings. The van der Waals surface area contributed by atoms with Gasteiger partial charge in [-0.2, -0.15) is 0 Å². The van der Waals surface area contributed by atoms with E-state index in [4.69, 9.17) is 0 Å². The molecule has 0 radical (unpaired) electrons. The van der Waals surface area contributed by atoms with Gasteiger partial charge in [0.2, 0.25) is 0 Å². The molecule has 0 amide bonds. The first kappa shape index (κ1) is 12.6. The fourth-order valence-corrected chi connectivity index (χ4v) is 2.00. The zero-order valence-corrected chi connectivity index (χ0v) is 11.1. The lowest BCUT2D eigenvalue weighted by Crippen LogP contribution is -2.07. The average Bonchev–Trinajstić information content (AvgIpc) is 2.40. The highest BCUT2D eigenvalue weighted by atomic mass is 15.0. The smallest absolute Gasteiger partial charge is 0.126 e. The van der Waals surface area contributed by atoms with Crippen molar-refractivity contribution in [1.29, 1.82) is 0 Å². The molecule has 0 aliphatic carbocycles. The monoisotopic (exact) mass is 240 g/mol. The van der Waals surface area contributed by atoms with E-state index in [1.165, 1.54) is 11.1 Å². The zero-order chi connectivity index (χ0) is 12.8. The Morgan fingerprint density at radius 1 is 1.17 bits per heavy atom. The van der Waals surface area contributed by atoms with Crippen LogP contribution in [0.4, 0.5) is 5.82 Å². The van der Waals surface area contributed by atoms with E-state index in [-0.39, 0.29) is 0 Å². The molecular weight excluding hydrogens is 220 g/mol. The summed E-state index contributed by atoms with van der Waals surface area (Å²) in [5.41, 5.74) is 2.64. The minimum Gasteiger partial charge on any atom is -0.370 e. The predicted octanol–water partition coefficient (Wildman–Crippen LogP) is 4.00. The summed E-state index contributed by atoms with van der Waals surface area (Å²) < 4.78 is 0. The number of aryl methyl sites for hydroxylation is 1. The average molecular weight is 240 g/mol. The first-order valence-corrected chi connectivity index (χ1v) is 6.47. The molecule has 2 aromatic rings. The summed E-state index contributed by atoms with van der Waals surface area (Å²) in [7, 11) is 0. The molecule has 0 saturated heterocycles. The normalized spacial score (nSPS) is 12.1. The molecule has 1 unspecified atom stereocenters. The molecule has 0 bridgehead atoms. The molecule has 0 aliphatic heterocycles. The van der Waals surface area contributed by atoms with E-state index in [0.717, 1.165) is 18.8 Å². The van der Waals surface area contributed by atoms with Crippen molar-refractivity contribution >= 4 is 5.82 Å². The van der Waals surface area contributed by atoms with Crippen LogP contribution in [0.3, 0.4) is 0 Å². The Morgan fingerprint density at radius 3 is 2.67 bits per heavy atom. The van der Waals surface area contributed by atoms with Gasteiger partial charge in [0.1, 0.15) is 5.82 Å². The van der Waals surface area contributed by atoms with Crippen molar-refractivity contribution < 1.29 is 0 Å². The Bertz CT molecular complexity index is 479. The van der Waals surface area contributed by atoms with Crippen molar-refractivity contribution in [3.63, 3.8) is 0 Å². The number of nitrogens with one attached hydrogen (secondary N) is 1. The van der Waals surface area contributed by atoms with Gasteiger partial charge in [-0.3, -0.25) is 0 Å². The summed E-state index contributed by atoms with van der Waals surface area (Å²) in [5, 5.41) is 3.38. The van der Waals surface area contributed by atoms with Gasteiger partial charge >= 0.3 is 0 Å². The van der Waals surface area contributed by atoms with Crippen molar-refractivity contribution in [3.05, 3.63) is 59.8 Å². The lowest BCUT2D eigenvalue weighted by Gasteiger charge is -2.12. The van der Waals surface area contributed by atoms with Crippen LogP contribution in [-0.2, 0) is 0 Å². The first-order chi connectivity index (χ1) is 8.75. The van der Waals surface area contributed by atoms with Gasteiger partial charge in [0.05, 0.1) is 0 Å². The van der Waals surface area contributed by atoms with Gasteiger partial charge in [0.25, 0.3) is 0 Å². The fraction of sp³-hybridized carbons (Fsp3) is 0.312. The van der Waals surface area contributed by atoms with Gasteiger partial charge in [0, 0.05) is 12.7 Å². The number of rotatable bonds is 5. The minimum absolute atomic E-state index is 0.573. The van der Waals surface area contributed by atoms with Crippen molar-refractivity contribution in [2.45, 2.75) is 26.2 Å². The molecule has 1 aromatic carbocycles. The zero-order valence-electron chi connectivity index (χ0n) is 11.1. The number of benzene rings is 1. The van der Waals surface area contributed by atoms with Crippen LogP contribution in [0.15, 0.2) is 48.7 Å². The third kappa shape index (κ3) is 3.59. The van der Waals surface area contributed by atoms with Crippen LogP contribution in [0.2, 0.25) is 0 Å². The van der Waals surface area contributed by atoms with E-state index in [1.807, 2.05) is 12.3 Å². The quantitative estimate of drug-likeness (QED) is 0.854. The summed E-state index contributed by atoms with van der Waals surface area (Å²) in [6, 6.07) is 14.7. The van der Waals surface area contributed by atoms with Gasteiger partial charge in [-0.25, -0.2) is 4.98 Å². The molecule has 1 heterocycles. The maximum Gasteiger partial charge on any atom is 0.126 e. The fourth-order valence-electron chi connectivity index (χ4n) is 2.00. The second-order valence-corrected chi connectivity index (χ2v) is 4.75. The van der Waals surface area contributed by atoms with E-state index < -0.39 is 0 Å². The number of nitrogens with zero attached hydrogens (tertiary/aromatic N) is 1. The van der Waals surface area contributed by atoms with E-state index in [9.17, 15) is 0 Å². The van der Waals surface area contributed by atoms with E-state index >= 15 is 0 Å². The van der Waals surface area contributed by atoms with Crippen LogP contribution < -0.4 is 5.32 Å². The summed E-state index contributed by atoms with van der Waals surface area (Å²) in [5.74, 6) is 1.54. The molecule has 2 heteroatoms. The summed E-state index contributed by atoms with van der Waals surface area (Å²) in [6.07, 6.45) is 2.96. The summed E-state index contributed by atoms with van der Waals surface area (Å²) in [4.78, 5) is 4.30. The second-order valence-electron chi connectivity index (χ2n) is 4.75. The molecule has 18 heavy (non-hydrogen) atoms. The number of hydrogen-bond acceptors (Lipinski definition) is 2. The van der Waals surface area contributed by atoms with Crippen molar-refractivity contribution in [1.82, 2.24) is 4.98 Å². The van der Waals surface area contributed by atoms with Crippen LogP contribution in [0.25, 0.3) is 0 Å². The van der Waals surface area contributed by atoms with Crippen molar-refractivity contribution in [2.75, 3.05) is 11.9 Å². The molecule has 0 saturated carbocycles. The minimum atomic E-state index is 0.573. The van der Waals surface area contributed by atoms with E-state index in [2.05, 4.69) is 60.5 Å². The molecule has 1 N–H and O–H groups in total. The Kier molecular flexibility index (Phi) is 4.35.